The van der Waals surface area contributed by atoms with Gasteiger partial charge in [0.1, 0.15) is 12.4 Å². The van der Waals surface area contributed by atoms with Crippen molar-refractivity contribution in [1.82, 2.24) is 9.80 Å². The molecule has 20 heavy (non-hydrogen) atoms. The van der Waals surface area contributed by atoms with Gasteiger partial charge in [-0.2, -0.15) is 0 Å². The maximum atomic E-state index is 13.7. The van der Waals surface area contributed by atoms with E-state index < -0.39 is 23.7 Å². The fourth-order valence-electron chi connectivity index (χ4n) is 1.94. The highest BCUT2D eigenvalue weighted by atomic mass is 19.1. The molecule has 7 heteroatoms. The molecule has 1 aliphatic heterocycles. The van der Waals surface area contributed by atoms with Gasteiger partial charge in [0, 0.05) is 12.6 Å². The number of rotatable bonds is 3. The van der Waals surface area contributed by atoms with Gasteiger partial charge in [0.05, 0.1) is 19.2 Å². The van der Waals surface area contributed by atoms with Crippen LogP contribution in [-0.4, -0.2) is 48.4 Å². The van der Waals surface area contributed by atoms with Gasteiger partial charge in [-0.05, 0) is 18.2 Å². The predicted molar refractivity (Wildman–Crippen MR) is 66.3 cm³/mol. The zero-order chi connectivity index (χ0) is 14.9. The van der Waals surface area contributed by atoms with Crippen molar-refractivity contribution < 1.29 is 23.5 Å². The van der Waals surface area contributed by atoms with Gasteiger partial charge < -0.3 is 9.64 Å². The zero-order valence-electron chi connectivity index (χ0n) is 11.1. The number of hydrogen-bond donors (Lipinski definition) is 0. The van der Waals surface area contributed by atoms with Crippen LogP contribution in [0.3, 0.4) is 0 Å². The summed E-state index contributed by atoms with van der Waals surface area (Å²) in [6.07, 6.45) is 0. The van der Waals surface area contributed by atoms with Crippen molar-refractivity contribution in [3.63, 3.8) is 0 Å². The second-order valence-electron chi connectivity index (χ2n) is 4.42. The fourth-order valence-corrected chi connectivity index (χ4v) is 1.94. The first-order chi connectivity index (χ1) is 9.43. The van der Waals surface area contributed by atoms with E-state index in [-0.39, 0.29) is 24.2 Å². The molecule has 1 aliphatic rings. The van der Waals surface area contributed by atoms with Crippen LogP contribution in [0.5, 0.6) is 0 Å². The van der Waals surface area contributed by atoms with Gasteiger partial charge in [0.25, 0.3) is 5.91 Å². The summed E-state index contributed by atoms with van der Waals surface area (Å²) in [5, 5.41) is 0. The first-order valence-electron chi connectivity index (χ1n) is 5.86. The Morgan fingerprint density at radius 2 is 2.10 bits per heavy atom. The Morgan fingerprint density at radius 3 is 2.65 bits per heavy atom. The average Bonchev–Trinajstić information content (AvgIpc) is 2.66. The number of carbonyl (C=O) groups excluding carboxylic acids is 3. The summed E-state index contributed by atoms with van der Waals surface area (Å²) in [6, 6.07) is 3.18. The molecule has 0 spiro atoms. The van der Waals surface area contributed by atoms with Crippen LogP contribution in [0.25, 0.3) is 0 Å². The summed E-state index contributed by atoms with van der Waals surface area (Å²) < 4.78 is 18.3. The quantitative estimate of drug-likeness (QED) is 0.612. The number of benzene rings is 1. The Balaban J connectivity index is 2.27. The molecule has 106 valence electrons. The lowest BCUT2D eigenvalue weighted by atomic mass is 10.1. The number of nitrogens with zero attached hydrogens (tertiary/aromatic N) is 2. The van der Waals surface area contributed by atoms with E-state index in [9.17, 15) is 18.8 Å². The summed E-state index contributed by atoms with van der Waals surface area (Å²) in [6.45, 7) is -0.240. The number of hydrogen-bond acceptors (Lipinski definition) is 4. The molecule has 0 N–H and O–H groups in total. The van der Waals surface area contributed by atoms with Crippen molar-refractivity contribution in [2.24, 2.45) is 0 Å². The predicted octanol–water partition coefficient (Wildman–Crippen LogP) is 1.01. The number of likely N-dealkylation sites (N-methyl/N-ethyl adjacent to an activating group) is 1. The molecule has 0 radical (unpaired) electrons. The normalized spacial score (nSPS) is 14.9. The SMILES string of the molecule is COC(=O)c1ccc(F)c(CN2C(=O)CN(C)C2=O)c1. The maximum absolute atomic E-state index is 13.7. The van der Waals surface area contributed by atoms with E-state index in [4.69, 9.17) is 0 Å². The standard InChI is InChI=1S/C13H13FN2O4/c1-15-7-11(17)16(13(15)19)6-9-5-8(12(18)20-2)3-4-10(9)14/h3-5H,6-7H2,1-2H3. The number of esters is 1. The first-order valence-corrected chi connectivity index (χ1v) is 5.86. The zero-order valence-corrected chi connectivity index (χ0v) is 11.1. The molecular formula is C13H13FN2O4. The van der Waals surface area contributed by atoms with Crippen LogP contribution in [0, 0.1) is 5.82 Å². The third kappa shape index (κ3) is 2.47. The van der Waals surface area contributed by atoms with Crippen molar-refractivity contribution in [2.45, 2.75) is 6.54 Å². The minimum atomic E-state index is -0.609. The van der Waals surface area contributed by atoms with E-state index in [2.05, 4.69) is 4.74 Å². The summed E-state index contributed by atoms with van der Waals surface area (Å²) in [5.74, 6) is -1.60. The summed E-state index contributed by atoms with van der Waals surface area (Å²) in [7, 11) is 2.70. The van der Waals surface area contributed by atoms with Crippen molar-refractivity contribution >= 4 is 17.9 Å². The molecule has 1 fully saturated rings. The molecule has 0 atom stereocenters. The van der Waals surface area contributed by atoms with E-state index in [0.29, 0.717) is 0 Å². The number of halogens is 1. The van der Waals surface area contributed by atoms with Crippen molar-refractivity contribution in [2.75, 3.05) is 20.7 Å². The van der Waals surface area contributed by atoms with Gasteiger partial charge in [0.15, 0.2) is 0 Å². The monoisotopic (exact) mass is 280 g/mol. The van der Waals surface area contributed by atoms with Crippen LogP contribution < -0.4 is 0 Å². The molecule has 1 aromatic carbocycles. The molecular weight excluding hydrogens is 267 g/mol. The number of methoxy groups -OCH3 is 1. The van der Waals surface area contributed by atoms with E-state index in [1.165, 1.54) is 31.2 Å². The van der Waals surface area contributed by atoms with Crippen LogP contribution in [0.2, 0.25) is 0 Å². The lowest BCUT2D eigenvalue weighted by Gasteiger charge is -2.15. The third-order valence-corrected chi connectivity index (χ3v) is 3.03. The maximum Gasteiger partial charge on any atom is 0.337 e. The third-order valence-electron chi connectivity index (χ3n) is 3.03. The fraction of sp³-hybridized carbons (Fsp3) is 0.308. The second kappa shape index (κ2) is 5.28. The molecule has 1 heterocycles. The molecule has 0 aromatic heterocycles. The lowest BCUT2D eigenvalue weighted by Crippen LogP contribution is -2.31. The van der Waals surface area contributed by atoms with Crippen molar-refractivity contribution in [3.8, 4) is 0 Å². The highest BCUT2D eigenvalue weighted by Crippen LogP contribution is 2.17. The molecule has 0 unspecified atom stereocenters. The van der Waals surface area contributed by atoms with Gasteiger partial charge in [-0.15, -0.1) is 0 Å². The molecule has 6 nitrogen and oxygen atoms in total. The summed E-state index contributed by atoms with van der Waals surface area (Å²) in [5.41, 5.74) is 0.251. The van der Waals surface area contributed by atoms with Crippen LogP contribution in [0.1, 0.15) is 15.9 Å². The molecule has 0 saturated carbocycles. The van der Waals surface area contributed by atoms with Gasteiger partial charge in [-0.3, -0.25) is 9.69 Å². The minimum absolute atomic E-state index is 0.0306. The Morgan fingerprint density at radius 1 is 1.40 bits per heavy atom. The molecule has 1 saturated heterocycles. The van der Waals surface area contributed by atoms with Crippen LogP contribution >= 0.6 is 0 Å². The molecule has 3 amide bonds. The lowest BCUT2D eigenvalue weighted by molar-refractivity contribution is -0.125. The van der Waals surface area contributed by atoms with E-state index in [0.717, 1.165) is 11.0 Å². The van der Waals surface area contributed by atoms with E-state index in [1.807, 2.05) is 0 Å². The van der Waals surface area contributed by atoms with Gasteiger partial charge in [0.2, 0.25) is 0 Å². The number of imide groups is 1. The highest BCUT2D eigenvalue weighted by Gasteiger charge is 2.33. The smallest absolute Gasteiger partial charge is 0.337 e. The van der Waals surface area contributed by atoms with Gasteiger partial charge in [-0.25, -0.2) is 14.0 Å². The number of carbonyl (C=O) groups is 3. The number of ether oxygens (including phenoxy) is 1. The molecule has 2 rings (SSSR count). The summed E-state index contributed by atoms with van der Waals surface area (Å²) >= 11 is 0. The van der Waals surface area contributed by atoms with Crippen molar-refractivity contribution in [3.05, 3.63) is 35.1 Å². The first kappa shape index (κ1) is 14.0. The van der Waals surface area contributed by atoms with Crippen LogP contribution in [0.15, 0.2) is 18.2 Å². The minimum Gasteiger partial charge on any atom is -0.465 e. The Bertz CT molecular complexity index is 588. The highest BCUT2D eigenvalue weighted by molar-refractivity contribution is 6.01. The molecule has 0 bridgehead atoms. The molecule has 0 aliphatic carbocycles. The Hall–Kier alpha value is -2.44. The van der Waals surface area contributed by atoms with Crippen LogP contribution in [0.4, 0.5) is 9.18 Å². The van der Waals surface area contributed by atoms with Gasteiger partial charge in [-0.1, -0.05) is 0 Å². The van der Waals surface area contributed by atoms with E-state index in [1.54, 1.807) is 0 Å². The second-order valence-corrected chi connectivity index (χ2v) is 4.42. The average molecular weight is 280 g/mol. The number of amides is 3. The topological polar surface area (TPSA) is 66.9 Å². The van der Waals surface area contributed by atoms with E-state index >= 15 is 0 Å². The Kier molecular flexibility index (Phi) is 3.69. The largest absolute Gasteiger partial charge is 0.465 e. The molecule has 1 aromatic rings. The number of urea groups is 1. The van der Waals surface area contributed by atoms with Crippen LogP contribution in [-0.2, 0) is 16.1 Å². The van der Waals surface area contributed by atoms with Gasteiger partial charge >= 0.3 is 12.0 Å². The summed E-state index contributed by atoms with van der Waals surface area (Å²) in [4.78, 5) is 36.9. The van der Waals surface area contributed by atoms with Crippen molar-refractivity contribution in [1.29, 1.82) is 0 Å². The Labute approximate surface area is 114 Å².